The standard InChI is InChI=1S/C17H18N2O3S/c1-11-16(23-12(2)18-11)17(21)22-10-13-8-15(20)19(9-13)14-6-4-3-5-7-14/h3-7,13H,8-10H2,1-2H3. The molecule has 1 saturated heterocycles. The maximum absolute atomic E-state index is 12.1. The topological polar surface area (TPSA) is 59.5 Å². The van der Waals surface area contributed by atoms with Crippen LogP contribution in [0.4, 0.5) is 5.69 Å². The first kappa shape index (κ1) is 15.7. The number of ether oxygens (including phenoxy) is 1. The average molecular weight is 330 g/mol. The molecule has 0 bridgehead atoms. The van der Waals surface area contributed by atoms with Crippen LogP contribution in [0.5, 0.6) is 0 Å². The first-order chi connectivity index (χ1) is 11.0. The van der Waals surface area contributed by atoms with Crippen LogP contribution in [-0.4, -0.2) is 30.0 Å². The van der Waals surface area contributed by atoms with E-state index in [2.05, 4.69) is 4.98 Å². The second-order valence-corrected chi connectivity index (χ2v) is 6.86. The van der Waals surface area contributed by atoms with Crippen molar-refractivity contribution in [2.45, 2.75) is 20.3 Å². The molecule has 1 aromatic carbocycles. The quantitative estimate of drug-likeness (QED) is 0.809. The van der Waals surface area contributed by atoms with Crippen LogP contribution in [0.1, 0.15) is 26.8 Å². The van der Waals surface area contributed by atoms with Crippen molar-refractivity contribution >= 4 is 28.9 Å². The van der Waals surface area contributed by atoms with Gasteiger partial charge in [-0.1, -0.05) is 18.2 Å². The van der Waals surface area contributed by atoms with Crippen LogP contribution in [0.2, 0.25) is 0 Å². The van der Waals surface area contributed by atoms with E-state index in [0.717, 1.165) is 10.7 Å². The number of carbonyl (C=O) groups is 2. The number of hydrogen-bond acceptors (Lipinski definition) is 5. The van der Waals surface area contributed by atoms with Crippen molar-refractivity contribution in [3.63, 3.8) is 0 Å². The van der Waals surface area contributed by atoms with E-state index in [1.165, 1.54) is 11.3 Å². The van der Waals surface area contributed by atoms with E-state index >= 15 is 0 Å². The zero-order valence-corrected chi connectivity index (χ0v) is 13.9. The summed E-state index contributed by atoms with van der Waals surface area (Å²) >= 11 is 1.34. The Morgan fingerprint density at radius 1 is 1.35 bits per heavy atom. The van der Waals surface area contributed by atoms with Crippen LogP contribution in [0, 0.1) is 19.8 Å². The summed E-state index contributed by atoms with van der Waals surface area (Å²) in [4.78, 5) is 30.8. The fourth-order valence-corrected chi connectivity index (χ4v) is 3.54. The molecule has 1 atom stereocenters. The van der Waals surface area contributed by atoms with E-state index in [-0.39, 0.29) is 24.4 Å². The molecule has 0 aliphatic carbocycles. The molecule has 0 N–H and O–H groups in total. The largest absolute Gasteiger partial charge is 0.461 e. The second-order valence-electron chi connectivity index (χ2n) is 5.66. The molecule has 0 saturated carbocycles. The maximum Gasteiger partial charge on any atom is 0.350 e. The van der Waals surface area contributed by atoms with Crippen molar-refractivity contribution in [1.82, 2.24) is 4.98 Å². The number of esters is 1. The van der Waals surface area contributed by atoms with Gasteiger partial charge in [0.15, 0.2) is 0 Å². The molecule has 2 aromatic rings. The minimum absolute atomic E-state index is 0.0287. The van der Waals surface area contributed by atoms with Crippen molar-refractivity contribution in [3.8, 4) is 0 Å². The van der Waals surface area contributed by atoms with Crippen molar-refractivity contribution < 1.29 is 14.3 Å². The minimum Gasteiger partial charge on any atom is -0.461 e. The second kappa shape index (κ2) is 6.50. The first-order valence-electron chi connectivity index (χ1n) is 7.51. The Bertz CT molecular complexity index is 727. The van der Waals surface area contributed by atoms with Crippen LogP contribution >= 0.6 is 11.3 Å². The third-order valence-corrected chi connectivity index (χ3v) is 4.86. The normalized spacial score (nSPS) is 17.6. The summed E-state index contributed by atoms with van der Waals surface area (Å²) in [5.41, 5.74) is 1.59. The molecular weight excluding hydrogens is 312 g/mol. The van der Waals surface area contributed by atoms with Crippen LogP contribution < -0.4 is 4.90 Å². The number of benzene rings is 1. The van der Waals surface area contributed by atoms with E-state index < -0.39 is 0 Å². The third-order valence-electron chi connectivity index (χ3n) is 3.81. The predicted octanol–water partition coefficient (Wildman–Crippen LogP) is 2.97. The van der Waals surface area contributed by atoms with E-state index in [1.807, 2.05) is 37.3 Å². The molecule has 1 amide bonds. The summed E-state index contributed by atoms with van der Waals surface area (Å²) < 4.78 is 5.39. The molecule has 1 fully saturated rings. The zero-order chi connectivity index (χ0) is 16.4. The smallest absolute Gasteiger partial charge is 0.350 e. The molecule has 120 valence electrons. The number of rotatable bonds is 4. The summed E-state index contributed by atoms with van der Waals surface area (Å²) in [6, 6.07) is 9.56. The molecule has 1 aliphatic heterocycles. The van der Waals surface area contributed by atoms with Gasteiger partial charge in [-0.3, -0.25) is 4.79 Å². The Morgan fingerprint density at radius 2 is 2.09 bits per heavy atom. The Kier molecular flexibility index (Phi) is 4.43. The average Bonchev–Trinajstić information content (AvgIpc) is 3.08. The van der Waals surface area contributed by atoms with Gasteiger partial charge in [-0.15, -0.1) is 11.3 Å². The molecule has 23 heavy (non-hydrogen) atoms. The Labute approximate surface area is 138 Å². The number of anilines is 1. The highest BCUT2D eigenvalue weighted by Gasteiger charge is 2.31. The minimum atomic E-state index is -0.348. The van der Waals surface area contributed by atoms with Crippen LogP contribution in [-0.2, 0) is 9.53 Å². The van der Waals surface area contributed by atoms with E-state index in [4.69, 9.17) is 4.74 Å². The van der Waals surface area contributed by atoms with Crippen molar-refractivity contribution in [2.75, 3.05) is 18.1 Å². The lowest BCUT2D eigenvalue weighted by molar-refractivity contribution is -0.117. The number of aryl methyl sites for hydroxylation is 2. The van der Waals surface area contributed by atoms with Crippen molar-refractivity contribution in [2.24, 2.45) is 5.92 Å². The van der Waals surface area contributed by atoms with Crippen LogP contribution in [0.15, 0.2) is 30.3 Å². The van der Waals surface area contributed by atoms with E-state index in [0.29, 0.717) is 23.5 Å². The molecular formula is C17H18N2O3S. The maximum atomic E-state index is 12.1. The van der Waals surface area contributed by atoms with Gasteiger partial charge in [0.2, 0.25) is 5.91 Å². The molecule has 5 nitrogen and oxygen atoms in total. The number of aromatic nitrogens is 1. The highest BCUT2D eigenvalue weighted by atomic mass is 32.1. The molecule has 1 aliphatic rings. The van der Waals surface area contributed by atoms with E-state index in [9.17, 15) is 9.59 Å². The fraction of sp³-hybridized carbons (Fsp3) is 0.353. The zero-order valence-electron chi connectivity index (χ0n) is 13.1. The SMILES string of the molecule is Cc1nc(C)c(C(=O)OCC2CC(=O)N(c3ccccc3)C2)s1. The van der Waals surface area contributed by atoms with Gasteiger partial charge in [0.05, 0.1) is 17.3 Å². The Hall–Kier alpha value is -2.21. The van der Waals surface area contributed by atoms with Gasteiger partial charge >= 0.3 is 5.97 Å². The predicted molar refractivity (Wildman–Crippen MR) is 88.8 cm³/mol. The summed E-state index contributed by atoms with van der Waals surface area (Å²) in [6.45, 7) is 4.50. The summed E-state index contributed by atoms with van der Waals surface area (Å²) in [7, 11) is 0. The molecule has 0 spiro atoms. The summed E-state index contributed by atoms with van der Waals surface area (Å²) in [5, 5.41) is 0.848. The molecule has 2 heterocycles. The first-order valence-corrected chi connectivity index (χ1v) is 8.33. The van der Waals surface area contributed by atoms with Crippen LogP contribution in [0.3, 0.4) is 0 Å². The number of carbonyl (C=O) groups excluding carboxylic acids is 2. The van der Waals surface area contributed by atoms with Gasteiger partial charge in [0.1, 0.15) is 4.88 Å². The molecule has 3 rings (SSSR count). The number of thiazole rings is 1. The van der Waals surface area contributed by atoms with Gasteiger partial charge in [-0.2, -0.15) is 0 Å². The Balaban J connectivity index is 1.59. The molecule has 1 unspecified atom stereocenters. The van der Waals surface area contributed by atoms with Gasteiger partial charge in [-0.25, -0.2) is 9.78 Å². The summed E-state index contributed by atoms with van der Waals surface area (Å²) in [6.07, 6.45) is 0.406. The summed E-state index contributed by atoms with van der Waals surface area (Å²) in [5.74, 6) is -0.248. The lowest BCUT2D eigenvalue weighted by Crippen LogP contribution is -2.25. The van der Waals surface area contributed by atoms with Gasteiger partial charge in [-0.05, 0) is 26.0 Å². The highest BCUT2D eigenvalue weighted by molar-refractivity contribution is 7.13. The third kappa shape index (κ3) is 3.42. The highest BCUT2D eigenvalue weighted by Crippen LogP contribution is 2.25. The van der Waals surface area contributed by atoms with Gasteiger partial charge in [0, 0.05) is 24.6 Å². The number of para-hydroxylation sites is 1. The molecule has 1 aromatic heterocycles. The Morgan fingerprint density at radius 3 is 2.74 bits per heavy atom. The fourth-order valence-electron chi connectivity index (χ4n) is 2.73. The number of nitrogens with zero attached hydrogens (tertiary/aromatic N) is 2. The van der Waals surface area contributed by atoms with Gasteiger partial charge in [0.25, 0.3) is 0 Å². The van der Waals surface area contributed by atoms with E-state index in [1.54, 1.807) is 11.8 Å². The molecule has 0 radical (unpaired) electrons. The van der Waals surface area contributed by atoms with Crippen molar-refractivity contribution in [3.05, 3.63) is 45.9 Å². The number of hydrogen-bond donors (Lipinski definition) is 0. The number of amides is 1. The lowest BCUT2D eigenvalue weighted by atomic mass is 10.1. The molecule has 6 heteroatoms. The lowest BCUT2D eigenvalue weighted by Gasteiger charge is -2.16. The monoisotopic (exact) mass is 330 g/mol. The van der Waals surface area contributed by atoms with Gasteiger partial charge < -0.3 is 9.64 Å². The van der Waals surface area contributed by atoms with Crippen LogP contribution in [0.25, 0.3) is 0 Å². The van der Waals surface area contributed by atoms with Crippen molar-refractivity contribution in [1.29, 1.82) is 0 Å².